The maximum atomic E-state index is 12.4. The molecule has 1 aliphatic rings. The van der Waals surface area contributed by atoms with E-state index in [2.05, 4.69) is 11.4 Å². The fourth-order valence-corrected chi connectivity index (χ4v) is 3.49. The molecule has 0 fully saturated rings. The van der Waals surface area contributed by atoms with Gasteiger partial charge in [-0.05, 0) is 61.4 Å². The number of amides is 1. The number of carbonyl (C=O) groups is 2. The van der Waals surface area contributed by atoms with Crippen molar-refractivity contribution in [1.29, 1.82) is 0 Å². The Labute approximate surface area is 174 Å². The van der Waals surface area contributed by atoms with Crippen LogP contribution in [0.25, 0.3) is 0 Å². The molecule has 0 radical (unpaired) electrons. The van der Waals surface area contributed by atoms with E-state index in [4.69, 9.17) is 9.47 Å². The summed E-state index contributed by atoms with van der Waals surface area (Å²) in [4.78, 5) is 35.3. The largest absolute Gasteiger partial charge is 0.496 e. The van der Waals surface area contributed by atoms with Gasteiger partial charge in [0.05, 0.1) is 24.5 Å². The molecule has 2 aromatic carbocycles. The smallest absolute Gasteiger partial charge is 0.311 e. The van der Waals surface area contributed by atoms with Gasteiger partial charge in [-0.2, -0.15) is 0 Å². The average Bonchev–Trinajstić information content (AvgIpc) is 2.73. The number of nitro groups is 1. The molecule has 0 saturated carbocycles. The number of hydrogen-bond acceptors (Lipinski definition) is 6. The number of nitro benzene ring substituents is 1. The van der Waals surface area contributed by atoms with Crippen molar-refractivity contribution in [2.75, 3.05) is 12.4 Å². The number of fused-ring (bicyclic) bond motifs is 1. The Bertz CT molecular complexity index is 972. The lowest BCUT2D eigenvalue weighted by Crippen LogP contribution is -2.30. The van der Waals surface area contributed by atoms with Crippen molar-refractivity contribution in [3.05, 3.63) is 63.2 Å². The zero-order chi connectivity index (χ0) is 21.7. The number of methoxy groups -OCH3 is 1. The molecule has 0 saturated heterocycles. The Kier molecular flexibility index (Phi) is 6.66. The van der Waals surface area contributed by atoms with E-state index < -0.39 is 22.9 Å². The van der Waals surface area contributed by atoms with Crippen LogP contribution in [-0.4, -0.2) is 30.0 Å². The van der Waals surface area contributed by atoms with E-state index in [0.717, 1.165) is 24.8 Å². The number of nitrogens with zero attached hydrogens (tertiary/aromatic N) is 1. The number of benzene rings is 2. The predicted molar refractivity (Wildman–Crippen MR) is 111 cm³/mol. The molecular weight excluding hydrogens is 388 g/mol. The Morgan fingerprint density at radius 3 is 2.57 bits per heavy atom. The van der Waals surface area contributed by atoms with E-state index in [9.17, 15) is 19.7 Å². The van der Waals surface area contributed by atoms with E-state index in [1.165, 1.54) is 49.8 Å². The number of carbonyl (C=O) groups excluding carboxylic acids is 2. The van der Waals surface area contributed by atoms with Crippen molar-refractivity contribution in [2.45, 2.75) is 45.1 Å². The van der Waals surface area contributed by atoms with Gasteiger partial charge in [-0.25, -0.2) is 0 Å². The van der Waals surface area contributed by atoms with E-state index in [0.29, 0.717) is 5.75 Å². The highest BCUT2D eigenvalue weighted by Gasteiger charge is 2.23. The van der Waals surface area contributed by atoms with Crippen LogP contribution >= 0.6 is 0 Å². The quantitative estimate of drug-likeness (QED) is 0.423. The standard InChI is InChI=1S/C22H24N2O6/c1-14(22(26)23-19-10-9-18(29-2)13-20(19)24(27)28)30-21(25)12-15-7-8-16-5-3-4-6-17(16)11-15/h7-11,13-14H,3-6,12H2,1-2H3,(H,23,26)/t14-/m0/s1. The van der Waals surface area contributed by atoms with Crippen LogP contribution in [0, 0.1) is 10.1 Å². The van der Waals surface area contributed by atoms with Crippen molar-refractivity contribution in [2.24, 2.45) is 0 Å². The second kappa shape index (κ2) is 9.39. The molecule has 1 amide bonds. The lowest BCUT2D eigenvalue weighted by atomic mass is 9.90. The minimum absolute atomic E-state index is 0.00314. The van der Waals surface area contributed by atoms with Gasteiger partial charge < -0.3 is 14.8 Å². The van der Waals surface area contributed by atoms with Crippen molar-refractivity contribution in [1.82, 2.24) is 0 Å². The van der Waals surface area contributed by atoms with Gasteiger partial charge >= 0.3 is 5.97 Å². The van der Waals surface area contributed by atoms with E-state index in [-0.39, 0.29) is 17.8 Å². The van der Waals surface area contributed by atoms with E-state index >= 15 is 0 Å². The first-order valence-corrected chi connectivity index (χ1v) is 9.81. The van der Waals surface area contributed by atoms with Gasteiger partial charge in [0, 0.05) is 0 Å². The van der Waals surface area contributed by atoms with Crippen LogP contribution in [0.1, 0.15) is 36.5 Å². The first kappa shape index (κ1) is 21.3. The second-order valence-electron chi connectivity index (χ2n) is 7.25. The van der Waals surface area contributed by atoms with Gasteiger partial charge in [-0.1, -0.05) is 18.2 Å². The first-order valence-electron chi connectivity index (χ1n) is 9.81. The molecule has 0 aromatic heterocycles. The molecule has 1 atom stereocenters. The minimum atomic E-state index is -1.10. The Morgan fingerprint density at radius 1 is 1.13 bits per heavy atom. The summed E-state index contributed by atoms with van der Waals surface area (Å²) in [7, 11) is 1.39. The topological polar surface area (TPSA) is 108 Å². The molecule has 0 bridgehead atoms. The maximum Gasteiger partial charge on any atom is 0.311 e. The number of hydrogen-bond donors (Lipinski definition) is 1. The summed E-state index contributed by atoms with van der Waals surface area (Å²) < 4.78 is 10.2. The summed E-state index contributed by atoms with van der Waals surface area (Å²) in [6.45, 7) is 1.43. The molecule has 1 aliphatic carbocycles. The molecule has 0 aliphatic heterocycles. The summed E-state index contributed by atoms with van der Waals surface area (Å²) in [6.07, 6.45) is 3.38. The number of anilines is 1. The summed E-state index contributed by atoms with van der Waals surface area (Å²) in [5.41, 5.74) is 3.13. The normalized spacial score (nSPS) is 13.7. The third kappa shape index (κ3) is 5.14. The minimum Gasteiger partial charge on any atom is -0.496 e. The van der Waals surface area contributed by atoms with Gasteiger partial charge in [-0.15, -0.1) is 0 Å². The van der Waals surface area contributed by atoms with Crippen molar-refractivity contribution < 1.29 is 24.0 Å². The van der Waals surface area contributed by atoms with E-state index in [1.54, 1.807) is 0 Å². The van der Waals surface area contributed by atoms with Crippen LogP contribution in [0.2, 0.25) is 0 Å². The SMILES string of the molecule is COc1ccc(NC(=O)[C@H](C)OC(=O)Cc2ccc3c(c2)CCCC3)c([N+](=O)[O-])c1. The number of esters is 1. The molecule has 2 aromatic rings. The van der Waals surface area contributed by atoms with E-state index in [1.807, 2.05) is 12.1 Å². The summed E-state index contributed by atoms with van der Waals surface area (Å²) >= 11 is 0. The van der Waals surface area contributed by atoms with Gasteiger partial charge in [0.15, 0.2) is 6.10 Å². The molecule has 0 unspecified atom stereocenters. The molecule has 30 heavy (non-hydrogen) atoms. The molecule has 1 N–H and O–H groups in total. The zero-order valence-electron chi connectivity index (χ0n) is 17.0. The number of aryl methyl sites for hydroxylation is 2. The Hall–Kier alpha value is -3.42. The van der Waals surface area contributed by atoms with Crippen molar-refractivity contribution in [3.63, 3.8) is 0 Å². The highest BCUT2D eigenvalue weighted by Crippen LogP contribution is 2.29. The average molecular weight is 412 g/mol. The lowest BCUT2D eigenvalue weighted by molar-refractivity contribution is -0.384. The fourth-order valence-electron chi connectivity index (χ4n) is 3.49. The third-order valence-corrected chi connectivity index (χ3v) is 5.10. The molecule has 0 spiro atoms. The molecule has 0 heterocycles. The molecule has 8 heteroatoms. The van der Waals surface area contributed by atoms with Gasteiger partial charge in [-0.3, -0.25) is 19.7 Å². The highest BCUT2D eigenvalue weighted by molar-refractivity contribution is 5.97. The number of ether oxygens (including phenoxy) is 2. The number of nitrogens with one attached hydrogen (secondary N) is 1. The molecular formula is C22H24N2O6. The predicted octanol–water partition coefficient (Wildman–Crippen LogP) is 3.60. The first-order chi connectivity index (χ1) is 14.4. The van der Waals surface area contributed by atoms with Crippen LogP contribution < -0.4 is 10.1 Å². The van der Waals surface area contributed by atoms with Crippen LogP contribution in [0.15, 0.2) is 36.4 Å². The molecule has 158 valence electrons. The fraction of sp³-hybridized carbons (Fsp3) is 0.364. The summed E-state index contributed by atoms with van der Waals surface area (Å²) in [5, 5.41) is 13.7. The molecule has 8 nitrogen and oxygen atoms in total. The molecule has 3 rings (SSSR count). The van der Waals surface area contributed by atoms with Crippen LogP contribution in [-0.2, 0) is 33.6 Å². The van der Waals surface area contributed by atoms with Crippen LogP contribution in [0.3, 0.4) is 0 Å². The van der Waals surface area contributed by atoms with Crippen LogP contribution in [0.4, 0.5) is 11.4 Å². The van der Waals surface area contributed by atoms with Gasteiger partial charge in [0.25, 0.3) is 11.6 Å². The van der Waals surface area contributed by atoms with Crippen LogP contribution in [0.5, 0.6) is 5.75 Å². The van der Waals surface area contributed by atoms with Gasteiger partial charge in [0.2, 0.25) is 0 Å². The van der Waals surface area contributed by atoms with Gasteiger partial charge in [0.1, 0.15) is 11.4 Å². The monoisotopic (exact) mass is 412 g/mol. The maximum absolute atomic E-state index is 12.4. The summed E-state index contributed by atoms with van der Waals surface area (Å²) in [6, 6.07) is 10.1. The van der Waals surface area contributed by atoms with Crippen molar-refractivity contribution in [3.8, 4) is 5.75 Å². The number of rotatable bonds is 7. The Balaban J connectivity index is 1.60. The zero-order valence-corrected chi connectivity index (χ0v) is 17.0. The highest BCUT2D eigenvalue weighted by atomic mass is 16.6. The summed E-state index contributed by atoms with van der Waals surface area (Å²) in [5.74, 6) is -0.885. The lowest BCUT2D eigenvalue weighted by Gasteiger charge is -2.17. The third-order valence-electron chi connectivity index (χ3n) is 5.10. The Morgan fingerprint density at radius 2 is 1.87 bits per heavy atom. The van der Waals surface area contributed by atoms with Crippen molar-refractivity contribution >= 4 is 23.3 Å². The second-order valence-corrected chi connectivity index (χ2v) is 7.25.